The number of hydrogen-bond donors (Lipinski definition) is 4. The molecule has 0 atom stereocenters. The molecule has 1 heterocycles. The van der Waals surface area contributed by atoms with Gasteiger partial charge in [-0.1, -0.05) is 47.5 Å². The number of nitrogen functional groups attached to an aromatic ring is 1. The summed E-state index contributed by atoms with van der Waals surface area (Å²) < 4.78 is 0. The van der Waals surface area contributed by atoms with E-state index >= 15 is 0 Å². The highest BCUT2D eigenvalue weighted by Crippen LogP contribution is 2.27. The molecule has 3 aromatic rings. The van der Waals surface area contributed by atoms with Crippen LogP contribution in [0, 0.1) is 0 Å². The standard InChI is InChI=1S/C22H23Cl2N5O2/c1-22(2,21(30)31)28-10-13-5-3-6-14(9-13)18-12-26-19(25)20(29-18)27-11-15-16(23)7-4-8-17(15)24/h3-9,12,28H,10-11H2,1-2H3,(H2,25,26)(H,27,29)(H,30,31). The summed E-state index contributed by atoms with van der Waals surface area (Å²) in [5, 5.41) is 16.5. The molecule has 0 fully saturated rings. The van der Waals surface area contributed by atoms with Gasteiger partial charge in [0.05, 0.1) is 11.9 Å². The summed E-state index contributed by atoms with van der Waals surface area (Å²) in [6.45, 7) is 3.97. The highest BCUT2D eigenvalue weighted by atomic mass is 35.5. The van der Waals surface area contributed by atoms with Crippen LogP contribution in [0.5, 0.6) is 0 Å². The van der Waals surface area contributed by atoms with Crippen LogP contribution in [-0.2, 0) is 17.9 Å². The number of aromatic nitrogens is 2. The van der Waals surface area contributed by atoms with Crippen LogP contribution < -0.4 is 16.4 Å². The number of aliphatic carboxylic acids is 1. The van der Waals surface area contributed by atoms with Gasteiger partial charge >= 0.3 is 5.97 Å². The highest BCUT2D eigenvalue weighted by Gasteiger charge is 2.25. The first-order valence-electron chi connectivity index (χ1n) is 9.54. The number of nitrogens with one attached hydrogen (secondary N) is 2. The number of carbonyl (C=O) groups is 1. The topological polar surface area (TPSA) is 113 Å². The Bertz CT molecular complexity index is 1080. The molecular weight excluding hydrogens is 437 g/mol. The fraction of sp³-hybridized carbons (Fsp3) is 0.227. The summed E-state index contributed by atoms with van der Waals surface area (Å²) in [5.74, 6) is -0.237. The summed E-state index contributed by atoms with van der Waals surface area (Å²) >= 11 is 12.5. The van der Waals surface area contributed by atoms with E-state index in [0.29, 0.717) is 34.6 Å². The number of nitrogens with zero attached hydrogens (tertiary/aromatic N) is 2. The van der Waals surface area contributed by atoms with Crippen LogP contribution >= 0.6 is 23.2 Å². The molecule has 0 saturated heterocycles. The molecule has 0 amide bonds. The number of rotatable bonds is 8. The number of anilines is 2. The Balaban J connectivity index is 1.79. The van der Waals surface area contributed by atoms with Gasteiger partial charge in [0.15, 0.2) is 11.6 Å². The number of halogens is 2. The predicted molar refractivity (Wildman–Crippen MR) is 124 cm³/mol. The first-order valence-corrected chi connectivity index (χ1v) is 10.3. The van der Waals surface area contributed by atoms with Gasteiger partial charge < -0.3 is 16.2 Å². The zero-order chi connectivity index (χ0) is 22.6. The lowest BCUT2D eigenvalue weighted by molar-refractivity contribution is -0.143. The molecule has 31 heavy (non-hydrogen) atoms. The van der Waals surface area contributed by atoms with Crippen LogP contribution in [0.25, 0.3) is 11.3 Å². The Labute approximate surface area is 190 Å². The maximum absolute atomic E-state index is 11.3. The second-order valence-electron chi connectivity index (χ2n) is 7.53. The van der Waals surface area contributed by atoms with Crippen molar-refractivity contribution in [3.63, 3.8) is 0 Å². The third-order valence-corrected chi connectivity index (χ3v) is 5.50. The van der Waals surface area contributed by atoms with Crippen LogP contribution in [0.2, 0.25) is 10.0 Å². The monoisotopic (exact) mass is 459 g/mol. The van der Waals surface area contributed by atoms with Gasteiger partial charge in [-0.05, 0) is 37.6 Å². The largest absolute Gasteiger partial charge is 0.480 e. The van der Waals surface area contributed by atoms with E-state index in [9.17, 15) is 9.90 Å². The van der Waals surface area contributed by atoms with Crippen molar-refractivity contribution in [2.24, 2.45) is 0 Å². The van der Waals surface area contributed by atoms with E-state index in [4.69, 9.17) is 28.9 Å². The molecule has 0 bridgehead atoms. The van der Waals surface area contributed by atoms with E-state index in [0.717, 1.165) is 16.7 Å². The molecule has 0 radical (unpaired) electrons. The van der Waals surface area contributed by atoms with Crippen LogP contribution in [-0.4, -0.2) is 26.6 Å². The molecule has 0 spiro atoms. The van der Waals surface area contributed by atoms with Crippen molar-refractivity contribution < 1.29 is 9.90 Å². The molecule has 0 unspecified atom stereocenters. The molecule has 1 aromatic heterocycles. The third-order valence-electron chi connectivity index (χ3n) is 4.79. The second kappa shape index (κ2) is 9.51. The van der Waals surface area contributed by atoms with Crippen molar-refractivity contribution in [2.75, 3.05) is 11.1 Å². The molecule has 0 aliphatic rings. The smallest absolute Gasteiger partial charge is 0.323 e. The van der Waals surface area contributed by atoms with Gasteiger partial charge in [-0.15, -0.1) is 0 Å². The quantitative estimate of drug-likeness (QED) is 0.389. The van der Waals surface area contributed by atoms with Crippen LogP contribution in [0.15, 0.2) is 48.7 Å². The van der Waals surface area contributed by atoms with Crippen molar-refractivity contribution in [3.05, 3.63) is 69.8 Å². The maximum atomic E-state index is 11.3. The van der Waals surface area contributed by atoms with E-state index in [-0.39, 0.29) is 5.82 Å². The van der Waals surface area contributed by atoms with E-state index in [1.807, 2.05) is 24.3 Å². The van der Waals surface area contributed by atoms with Crippen molar-refractivity contribution >= 4 is 40.8 Å². The number of nitrogens with two attached hydrogens (primary N) is 1. The Morgan fingerprint density at radius 1 is 1.13 bits per heavy atom. The minimum absolute atomic E-state index is 0.257. The highest BCUT2D eigenvalue weighted by molar-refractivity contribution is 6.36. The zero-order valence-corrected chi connectivity index (χ0v) is 18.6. The molecule has 0 aliphatic heterocycles. The Kier molecular flexibility index (Phi) is 7.00. The Morgan fingerprint density at radius 2 is 1.81 bits per heavy atom. The molecular formula is C22H23Cl2N5O2. The van der Waals surface area contributed by atoms with Crippen molar-refractivity contribution in [1.29, 1.82) is 0 Å². The number of carboxylic acids is 1. The van der Waals surface area contributed by atoms with Crippen molar-refractivity contribution in [2.45, 2.75) is 32.5 Å². The number of carboxylic acid groups (broad SMARTS) is 1. The van der Waals surface area contributed by atoms with E-state index in [1.165, 1.54) is 0 Å². The SMILES string of the molecule is CC(C)(NCc1cccc(-c2cnc(N)c(NCc3c(Cl)cccc3Cl)n2)c1)C(=O)O. The van der Waals surface area contributed by atoms with Crippen LogP contribution in [0.3, 0.4) is 0 Å². The summed E-state index contributed by atoms with van der Waals surface area (Å²) in [5.41, 5.74) is 8.08. The summed E-state index contributed by atoms with van der Waals surface area (Å²) in [6.07, 6.45) is 1.59. The molecule has 7 nitrogen and oxygen atoms in total. The Morgan fingerprint density at radius 3 is 2.48 bits per heavy atom. The number of benzene rings is 2. The van der Waals surface area contributed by atoms with Gasteiger partial charge in [0.25, 0.3) is 0 Å². The van der Waals surface area contributed by atoms with E-state index in [2.05, 4.69) is 20.6 Å². The van der Waals surface area contributed by atoms with Gasteiger partial charge in [-0.3, -0.25) is 10.1 Å². The molecule has 162 valence electrons. The normalized spacial score (nSPS) is 11.4. The van der Waals surface area contributed by atoms with Gasteiger partial charge in [0.1, 0.15) is 5.54 Å². The van der Waals surface area contributed by atoms with Crippen LogP contribution in [0.1, 0.15) is 25.0 Å². The summed E-state index contributed by atoms with van der Waals surface area (Å²) in [6, 6.07) is 12.9. The Hall–Kier alpha value is -2.87. The lowest BCUT2D eigenvalue weighted by atomic mass is 10.0. The van der Waals surface area contributed by atoms with Gasteiger partial charge in [-0.2, -0.15) is 0 Å². The van der Waals surface area contributed by atoms with E-state index in [1.54, 1.807) is 38.2 Å². The predicted octanol–water partition coefficient (Wildman–Crippen LogP) is 4.60. The average Bonchev–Trinajstić information content (AvgIpc) is 2.73. The lowest BCUT2D eigenvalue weighted by Gasteiger charge is -2.21. The van der Waals surface area contributed by atoms with E-state index < -0.39 is 11.5 Å². The zero-order valence-electron chi connectivity index (χ0n) is 17.1. The summed E-state index contributed by atoms with van der Waals surface area (Å²) in [4.78, 5) is 20.1. The average molecular weight is 460 g/mol. The molecule has 5 N–H and O–H groups in total. The second-order valence-corrected chi connectivity index (χ2v) is 8.34. The van der Waals surface area contributed by atoms with Crippen molar-refractivity contribution in [3.8, 4) is 11.3 Å². The molecule has 2 aromatic carbocycles. The minimum Gasteiger partial charge on any atom is -0.480 e. The minimum atomic E-state index is -1.03. The molecule has 0 aliphatic carbocycles. The fourth-order valence-corrected chi connectivity index (χ4v) is 3.31. The lowest BCUT2D eigenvalue weighted by Crippen LogP contribution is -2.46. The van der Waals surface area contributed by atoms with Gasteiger partial charge in [0, 0.05) is 34.3 Å². The first-order chi connectivity index (χ1) is 14.7. The maximum Gasteiger partial charge on any atom is 0.323 e. The molecule has 0 saturated carbocycles. The summed E-state index contributed by atoms with van der Waals surface area (Å²) in [7, 11) is 0. The third kappa shape index (κ3) is 5.64. The molecule has 3 rings (SSSR count). The first kappa shape index (κ1) is 22.8. The number of hydrogen-bond acceptors (Lipinski definition) is 6. The fourth-order valence-electron chi connectivity index (χ4n) is 2.78. The van der Waals surface area contributed by atoms with Crippen molar-refractivity contribution in [1.82, 2.24) is 15.3 Å². The van der Waals surface area contributed by atoms with Gasteiger partial charge in [-0.25, -0.2) is 9.97 Å². The van der Waals surface area contributed by atoms with Gasteiger partial charge in [0.2, 0.25) is 0 Å². The molecule has 9 heteroatoms. The van der Waals surface area contributed by atoms with Crippen LogP contribution in [0.4, 0.5) is 11.6 Å².